The van der Waals surface area contributed by atoms with Gasteiger partial charge < -0.3 is 10.1 Å². The molecule has 1 aromatic rings. The molecular formula is C12H15ClN2O2. The Balaban J connectivity index is 2.12. The van der Waals surface area contributed by atoms with Crippen LogP contribution in [-0.4, -0.2) is 29.1 Å². The van der Waals surface area contributed by atoms with Crippen LogP contribution >= 0.6 is 11.6 Å². The Morgan fingerprint density at radius 2 is 2.41 bits per heavy atom. The quantitative estimate of drug-likeness (QED) is 0.822. The molecule has 0 bridgehead atoms. The van der Waals surface area contributed by atoms with E-state index in [0.717, 1.165) is 6.42 Å². The summed E-state index contributed by atoms with van der Waals surface area (Å²) in [5.74, 6) is -0.215. The summed E-state index contributed by atoms with van der Waals surface area (Å²) in [5.41, 5.74) is -0.000942. The molecule has 17 heavy (non-hydrogen) atoms. The van der Waals surface area contributed by atoms with Gasteiger partial charge in [-0.05, 0) is 32.4 Å². The van der Waals surface area contributed by atoms with Crippen LogP contribution in [0.25, 0.3) is 0 Å². The minimum atomic E-state index is -0.332. The third-order valence-corrected chi connectivity index (χ3v) is 3.44. The van der Waals surface area contributed by atoms with E-state index in [2.05, 4.69) is 10.3 Å². The lowest BCUT2D eigenvalue weighted by atomic mass is 9.94. The van der Waals surface area contributed by atoms with Gasteiger partial charge in [0.25, 0.3) is 5.91 Å². The molecule has 2 atom stereocenters. The summed E-state index contributed by atoms with van der Waals surface area (Å²) in [6, 6.07) is 4.99. The second-order valence-corrected chi connectivity index (χ2v) is 4.87. The molecule has 4 nitrogen and oxygen atoms in total. The lowest BCUT2D eigenvalue weighted by Gasteiger charge is -2.28. The topological polar surface area (TPSA) is 51.2 Å². The normalized spacial score (nSPS) is 28.1. The maximum absolute atomic E-state index is 12.0. The molecule has 2 heterocycles. The molecule has 0 aliphatic carbocycles. The van der Waals surface area contributed by atoms with Gasteiger partial charge in [-0.3, -0.25) is 4.79 Å². The number of halogens is 1. The molecule has 1 aromatic heterocycles. The molecule has 92 valence electrons. The largest absolute Gasteiger partial charge is 0.376 e. The fourth-order valence-corrected chi connectivity index (χ4v) is 2.02. The van der Waals surface area contributed by atoms with E-state index in [0.29, 0.717) is 17.5 Å². The number of pyridine rings is 1. The summed E-state index contributed by atoms with van der Waals surface area (Å²) in [6.45, 7) is 4.60. The molecule has 1 fully saturated rings. The van der Waals surface area contributed by atoms with Crippen LogP contribution in [0, 0.1) is 0 Å². The highest BCUT2D eigenvalue weighted by atomic mass is 35.5. The van der Waals surface area contributed by atoms with Crippen molar-refractivity contribution in [2.75, 3.05) is 6.61 Å². The van der Waals surface area contributed by atoms with Crippen molar-refractivity contribution >= 4 is 17.5 Å². The van der Waals surface area contributed by atoms with Crippen LogP contribution in [-0.2, 0) is 4.74 Å². The van der Waals surface area contributed by atoms with E-state index in [9.17, 15) is 4.79 Å². The number of rotatable bonds is 2. The van der Waals surface area contributed by atoms with Crippen LogP contribution in [0.1, 0.15) is 30.8 Å². The van der Waals surface area contributed by atoms with Gasteiger partial charge in [0, 0.05) is 6.61 Å². The number of ether oxygens (including phenoxy) is 1. The van der Waals surface area contributed by atoms with E-state index >= 15 is 0 Å². The van der Waals surface area contributed by atoms with Crippen molar-refractivity contribution in [1.29, 1.82) is 0 Å². The number of amides is 1. The zero-order chi connectivity index (χ0) is 12.5. The first-order chi connectivity index (χ1) is 8.01. The number of nitrogens with zero attached hydrogens (tertiary/aromatic N) is 1. The number of carbonyl (C=O) groups excluding carboxylic acids is 1. The Morgan fingerprint density at radius 1 is 1.65 bits per heavy atom. The summed E-state index contributed by atoms with van der Waals surface area (Å²) >= 11 is 5.75. The van der Waals surface area contributed by atoms with E-state index < -0.39 is 0 Å². The molecule has 0 spiro atoms. The first-order valence-electron chi connectivity index (χ1n) is 5.58. The predicted octanol–water partition coefficient (Wildman–Crippen LogP) is 2.03. The summed E-state index contributed by atoms with van der Waals surface area (Å²) in [5, 5.41) is 3.28. The average Bonchev–Trinajstić information content (AvgIpc) is 2.59. The highest BCUT2D eigenvalue weighted by Gasteiger charge is 2.38. The molecule has 1 aliphatic rings. The summed E-state index contributed by atoms with van der Waals surface area (Å²) in [4.78, 5) is 16.0. The highest BCUT2D eigenvalue weighted by molar-refractivity contribution is 6.29. The maximum Gasteiger partial charge on any atom is 0.270 e. The molecule has 2 rings (SSSR count). The van der Waals surface area contributed by atoms with Gasteiger partial charge in [0.1, 0.15) is 10.8 Å². The van der Waals surface area contributed by atoms with Crippen LogP contribution in [0.2, 0.25) is 5.15 Å². The Morgan fingerprint density at radius 3 is 3.00 bits per heavy atom. The minimum absolute atomic E-state index is 0.00522. The first-order valence-corrected chi connectivity index (χ1v) is 5.96. The van der Waals surface area contributed by atoms with Gasteiger partial charge in [0.2, 0.25) is 0 Å². The van der Waals surface area contributed by atoms with Crippen LogP contribution in [0.3, 0.4) is 0 Å². The average molecular weight is 255 g/mol. The lowest BCUT2D eigenvalue weighted by molar-refractivity contribution is 0.0724. The van der Waals surface area contributed by atoms with Crippen LogP contribution in [0.4, 0.5) is 0 Å². The number of hydrogen-bond acceptors (Lipinski definition) is 3. The van der Waals surface area contributed by atoms with E-state index in [1.54, 1.807) is 18.2 Å². The zero-order valence-corrected chi connectivity index (χ0v) is 10.6. The molecule has 2 unspecified atom stereocenters. The van der Waals surface area contributed by atoms with Crippen molar-refractivity contribution in [2.24, 2.45) is 0 Å². The molecule has 1 N–H and O–H groups in total. The van der Waals surface area contributed by atoms with E-state index in [1.807, 2.05) is 13.8 Å². The monoisotopic (exact) mass is 254 g/mol. The first kappa shape index (κ1) is 12.3. The molecule has 0 radical (unpaired) electrons. The van der Waals surface area contributed by atoms with Gasteiger partial charge in [-0.25, -0.2) is 4.98 Å². The van der Waals surface area contributed by atoms with Crippen molar-refractivity contribution in [3.05, 3.63) is 29.0 Å². The van der Waals surface area contributed by atoms with Crippen molar-refractivity contribution in [3.8, 4) is 0 Å². The SMILES string of the molecule is CC1OCCC1(C)NC(=O)c1cccc(Cl)n1. The van der Waals surface area contributed by atoms with Crippen LogP contribution in [0.15, 0.2) is 18.2 Å². The van der Waals surface area contributed by atoms with E-state index in [4.69, 9.17) is 16.3 Å². The fourth-order valence-electron chi connectivity index (χ4n) is 1.86. The van der Waals surface area contributed by atoms with Gasteiger partial charge in [0.05, 0.1) is 11.6 Å². The van der Waals surface area contributed by atoms with Gasteiger partial charge in [0.15, 0.2) is 0 Å². The number of hydrogen-bond donors (Lipinski definition) is 1. The van der Waals surface area contributed by atoms with Gasteiger partial charge in [-0.2, -0.15) is 0 Å². The molecule has 0 saturated carbocycles. The molecule has 1 saturated heterocycles. The van der Waals surface area contributed by atoms with Crippen molar-refractivity contribution < 1.29 is 9.53 Å². The lowest BCUT2D eigenvalue weighted by Crippen LogP contribution is -2.50. The molecule has 0 aromatic carbocycles. The van der Waals surface area contributed by atoms with Crippen molar-refractivity contribution in [1.82, 2.24) is 10.3 Å². The number of carbonyl (C=O) groups is 1. The summed E-state index contributed by atoms with van der Waals surface area (Å²) in [6.07, 6.45) is 0.811. The van der Waals surface area contributed by atoms with Gasteiger partial charge in [-0.15, -0.1) is 0 Å². The van der Waals surface area contributed by atoms with Gasteiger partial charge >= 0.3 is 0 Å². The smallest absolute Gasteiger partial charge is 0.270 e. The Hall–Kier alpha value is -1.13. The number of nitrogens with one attached hydrogen (secondary N) is 1. The highest BCUT2D eigenvalue weighted by Crippen LogP contribution is 2.25. The maximum atomic E-state index is 12.0. The standard InChI is InChI=1S/C12H15ClN2O2/c1-8-12(2,6-7-17-8)15-11(16)9-4-3-5-10(13)14-9/h3-5,8H,6-7H2,1-2H3,(H,15,16). The number of aromatic nitrogens is 1. The Bertz CT molecular complexity index is 438. The van der Waals surface area contributed by atoms with Gasteiger partial charge in [-0.1, -0.05) is 17.7 Å². The van der Waals surface area contributed by atoms with E-state index in [1.165, 1.54) is 0 Å². The van der Waals surface area contributed by atoms with Crippen molar-refractivity contribution in [3.63, 3.8) is 0 Å². The molecular weight excluding hydrogens is 240 g/mol. The molecule has 1 amide bonds. The molecule has 5 heteroatoms. The third-order valence-electron chi connectivity index (χ3n) is 3.23. The second-order valence-electron chi connectivity index (χ2n) is 4.48. The minimum Gasteiger partial charge on any atom is -0.376 e. The van der Waals surface area contributed by atoms with Crippen molar-refractivity contribution in [2.45, 2.75) is 31.9 Å². The summed E-state index contributed by atoms with van der Waals surface area (Å²) < 4.78 is 5.47. The summed E-state index contributed by atoms with van der Waals surface area (Å²) in [7, 11) is 0. The van der Waals surface area contributed by atoms with Crippen LogP contribution in [0.5, 0.6) is 0 Å². The molecule has 1 aliphatic heterocycles. The van der Waals surface area contributed by atoms with E-state index in [-0.39, 0.29) is 17.6 Å². The second kappa shape index (κ2) is 4.63. The Kier molecular flexibility index (Phi) is 3.35. The third kappa shape index (κ3) is 2.58. The predicted molar refractivity (Wildman–Crippen MR) is 65.1 cm³/mol. The zero-order valence-electron chi connectivity index (χ0n) is 9.87. The fraction of sp³-hybridized carbons (Fsp3) is 0.500. The Labute approximate surface area is 105 Å². The van der Waals surface area contributed by atoms with Crippen LogP contribution < -0.4 is 5.32 Å².